The topological polar surface area (TPSA) is 85.0 Å². The van der Waals surface area contributed by atoms with Crippen molar-refractivity contribution in [2.75, 3.05) is 12.4 Å². The molecule has 28 heavy (non-hydrogen) atoms. The zero-order valence-corrected chi connectivity index (χ0v) is 17.0. The van der Waals surface area contributed by atoms with Gasteiger partial charge in [0.25, 0.3) is 0 Å². The number of likely N-dealkylation sites (N-methyl/N-ethyl adjacent to an activating group) is 1. The van der Waals surface area contributed by atoms with E-state index in [1.54, 1.807) is 24.7 Å². The monoisotopic (exact) mass is 421 g/mol. The van der Waals surface area contributed by atoms with E-state index in [1.807, 2.05) is 29.9 Å². The summed E-state index contributed by atoms with van der Waals surface area (Å²) in [7, 11) is 3.61. The van der Waals surface area contributed by atoms with Crippen LogP contribution in [-0.4, -0.2) is 28.5 Å². The number of aryl methyl sites for hydroxylation is 1. The van der Waals surface area contributed by atoms with Gasteiger partial charge < -0.3 is 20.9 Å². The fourth-order valence-electron chi connectivity index (χ4n) is 2.76. The average molecular weight is 422 g/mol. The summed E-state index contributed by atoms with van der Waals surface area (Å²) >= 11 is 7.32. The van der Waals surface area contributed by atoms with Gasteiger partial charge in [0, 0.05) is 29.9 Å². The van der Waals surface area contributed by atoms with Crippen molar-refractivity contribution in [1.29, 1.82) is 0 Å². The minimum Gasteiger partial charge on any atom is -0.340 e. The molecule has 0 aliphatic rings. The maximum atomic E-state index is 13.3. The van der Waals surface area contributed by atoms with Crippen LogP contribution in [0.15, 0.2) is 42.9 Å². The summed E-state index contributed by atoms with van der Waals surface area (Å²) in [6.07, 6.45) is 4.09. The van der Waals surface area contributed by atoms with Gasteiger partial charge in [-0.25, -0.2) is 9.37 Å². The third-order valence-corrected chi connectivity index (χ3v) is 5.82. The van der Waals surface area contributed by atoms with Crippen LogP contribution in [0.3, 0.4) is 0 Å². The van der Waals surface area contributed by atoms with Gasteiger partial charge in [0.15, 0.2) is 0 Å². The Balaban J connectivity index is 1.65. The number of amides is 1. The van der Waals surface area contributed by atoms with Crippen molar-refractivity contribution < 1.29 is 9.18 Å². The molecule has 6 nitrogen and oxygen atoms in total. The Labute approximate surface area is 171 Å². The third-order valence-electron chi connectivity index (χ3n) is 4.29. The fourth-order valence-corrected chi connectivity index (χ4v) is 3.92. The number of aromatic nitrogens is 2. The number of imidazole rings is 1. The van der Waals surface area contributed by atoms with Crippen molar-refractivity contribution in [3.63, 3.8) is 0 Å². The Morgan fingerprint density at radius 1 is 1.39 bits per heavy atom. The first-order chi connectivity index (χ1) is 13.4. The van der Waals surface area contributed by atoms with E-state index >= 15 is 0 Å². The highest BCUT2D eigenvalue weighted by atomic mass is 35.5. The fraction of sp³-hybridized carbons (Fsp3) is 0.263. The minimum absolute atomic E-state index is 0.0452. The second kappa shape index (κ2) is 8.83. The first kappa shape index (κ1) is 20.5. The predicted octanol–water partition coefficient (Wildman–Crippen LogP) is 3.56. The summed E-state index contributed by atoms with van der Waals surface area (Å²) in [5.41, 5.74) is 7.66. The molecular formula is C19H21ClFN5OS. The number of hydrogen-bond donors (Lipinski definition) is 3. The molecule has 1 amide bonds. The maximum Gasteiger partial charge on any atom is 0.241 e. The highest BCUT2D eigenvalue weighted by Crippen LogP contribution is 2.31. The van der Waals surface area contributed by atoms with E-state index in [0.717, 1.165) is 15.4 Å². The number of anilines is 1. The number of halogens is 2. The highest BCUT2D eigenvalue weighted by Gasteiger charge is 2.22. The quantitative estimate of drug-likeness (QED) is 0.544. The van der Waals surface area contributed by atoms with E-state index in [0.29, 0.717) is 12.1 Å². The Hall–Kier alpha value is -2.26. The Morgan fingerprint density at radius 3 is 2.82 bits per heavy atom. The van der Waals surface area contributed by atoms with Gasteiger partial charge in [-0.1, -0.05) is 11.6 Å². The molecule has 0 aliphatic carbocycles. The molecule has 0 fully saturated rings. The van der Waals surface area contributed by atoms with Crippen molar-refractivity contribution in [3.8, 4) is 10.6 Å². The predicted molar refractivity (Wildman–Crippen MR) is 111 cm³/mol. The standard InChI is InChI=1S/C19H21ClFN5OS/c1-23-15(19(27)25-11-3-4-13(21)12(20)7-11)8-14(22)17-5-6-18(28-17)16-9-26(2)10-24-16/h3-7,9-10,14-15,23H,8,22H2,1-2H3,(H,25,27). The van der Waals surface area contributed by atoms with Gasteiger partial charge in [0.2, 0.25) is 5.91 Å². The van der Waals surface area contributed by atoms with E-state index < -0.39 is 11.9 Å². The smallest absolute Gasteiger partial charge is 0.241 e. The lowest BCUT2D eigenvalue weighted by molar-refractivity contribution is -0.118. The van der Waals surface area contributed by atoms with Crippen LogP contribution in [0.25, 0.3) is 10.6 Å². The first-order valence-corrected chi connectivity index (χ1v) is 9.83. The SMILES string of the molecule is CNC(CC(N)c1ccc(-c2cn(C)cn2)s1)C(=O)Nc1ccc(F)c(Cl)c1. The molecule has 4 N–H and O–H groups in total. The number of nitrogens with two attached hydrogens (primary N) is 1. The van der Waals surface area contributed by atoms with Crippen LogP contribution >= 0.6 is 22.9 Å². The first-order valence-electron chi connectivity index (χ1n) is 8.64. The van der Waals surface area contributed by atoms with E-state index in [9.17, 15) is 9.18 Å². The van der Waals surface area contributed by atoms with Crippen LogP contribution in [0.2, 0.25) is 5.02 Å². The molecule has 3 rings (SSSR count). The largest absolute Gasteiger partial charge is 0.340 e. The van der Waals surface area contributed by atoms with Gasteiger partial charge in [0.05, 0.1) is 28.0 Å². The lowest BCUT2D eigenvalue weighted by atomic mass is 10.1. The minimum atomic E-state index is -0.534. The van der Waals surface area contributed by atoms with Gasteiger partial charge in [-0.15, -0.1) is 11.3 Å². The molecule has 2 unspecified atom stereocenters. The molecule has 148 valence electrons. The van der Waals surface area contributed by atoms with Crippen molar-refractivity contribution in [2.24, 2.45) is 12.8 Å². The summed E-state index contributed by atoms with van der Waals surface area (Å²) in [6, 6.07) is 7.16. The number of hydrogen-bond acceptors (Lipinski definition) is 5. The molecule has 2 heterocycles. The van der Waals surface area contributed by atoms with Crippen LogP contribution in [0.1, 0.15) is 17.3 Å². The summed E-state index contributed by atoms with van der Waals surface area (Å²) in [5.74, 6) is -0.796. The maximum absolute atomic E-state index is 13.3. The zero-order valence-electron chi connectivity index (χ0n) is 15.4. The molecule has 0 bridgehead atoms. The molecule has 0 saturated carbocycles. The number of benzene rings is 1. The number of carbonyl (C=O) groups is 1. The lowest BCUT2D eigenvalue weighted by Gasteiger charge is -2.19. The molecule has 2 atom stereocenters. The van der Waals surface area contributed by atoms with Gasteiger partial charge in [-0.2, -0.15) is 0 Å². The molecule has 2 aromatic heterocycles. The lowest BCUT2D eigenvalue weighted by Crippen LogP contribution is -2.40. The molecule has 0 spiro atoms. The Bertz CT molecular complexity index is 973. The third kappa shape index (κ3) is 4.77. The van der Waals surface area contributed by atoms with Crippen LogP contribution < -0.4 is 16.4 Å². The van der Waals surface area contributed by atoms with Crippen molar-refractivity contribution >= 4 is 34.5 Å². The van der Waals surface area contributed by atoms with Gasteiger partial charge >= 0.3 is 0 Å². The number of nitrogens with one attached hydrogen (secondary N) is 2. The highest BCUT2D eigenvalue weighted by molar-refractivity contribution is 7.15. The van der Waals surface area contributed by atoms with E-state index in [1.165, 1.54) is 18.2 Å². The molecule has 3 aromatic rings. The molecule has 1 aromatic carbocycles. The van der Waals surface area contributed by atoms with Gasteiger partial charge in [-0.05, 0) is 43.8 Å². The summed E-state index contributed by atoms with van der Waals surface area (Å²) in [4.78, 5) is 18.9. The van der Waals surface area contributed by atoms with Crippen molar-refractivity contribution in [2.45, 2.75) is 18.5 Å². The number of nitrogens with zero attached hydrogens (tertiary/aromatic N) is 2. The Kier molecular flexibility index (Phi) is 6.46. The summed E-state index contributed by atoms with van der Waals surface area (Å²) in [6.45, 7) is 0. The summed E-state index contributed by atoms with van der Waals surface area (Å²) < 4.78 is 15.2. The normalized spacial score (nSPS) is 13.3. The van der Waals surface area contributed by atoms with Crippen molar-refractivity contribution in [1.82, 2.24) is 14.9 Å². The number of rotatable bonds is 7. The van der Waals surface area contributed by atoms with Gasteiger partial charge in [-0.3, -0.25) is 4.79 Å². The van der Waals surface area contributed by atoms with Crippen LogP contribution in [-0.2, 0) is 11.8 Å². The second-order valence-electron chi connectivity index (χ2n) is 6.43. The Morgan fingerprint density at radius 2 is 2.18 bits per heavy atom. The summed E-state index contributed by atoms with van der Waals surface area (Å²) in [5, 5.41) is 5.67. The zero-order chi connectivity index (χ0) is 20.3. The molecule has 9 heteroatoms. The molecule has 0 radical (unpaired) electrons. The molecular weight excluding hydrogens is 401 g/mol. The number of carbonyl (C=O) groups excluding carboxylic acids is 1. The van der Waals surface area contributed by atoms with Crippen LogP contribution in [0.5, 0.6) is 0 Å². The van der Waals surface area contributed by atoms with Crippen molar-refractivity contribution in [3.05, 3.63) is 58.6 Å². The van der Waals surface area contributed by atoms with E-state index in [2.05, 4.69) is 15.6 Å². The van der Waals surface area contributed by atoms with E-state index in [-0.39, 0.29) is 17.0 Å². The molecule has 0 saturated heterocycles. The number of thiophene rings is 1. The molecule has 0 aliphatic heterocycles. The van der Waals surface area contributed by atoms with Crippen LogP contribution in [0, 0.1) is 5.82 Å². The van der Waals surface area contributed by atoms with E-state index in [4.69, 9.17) is 17.3 Å². The van der Waals surface area contributed by atoms with Crippen LogP contribution in [0.4, 0.5) is 10.1 Å². The second-order valence-corrected chi connectivity index (χ2v) is 7.95. The van der Waals surface area contributed by atoms with Gasteiger partial charge in [0.1, 0.15) is 5.82 Å². The average Bonchev–Trinajstić information content (AvgIpc) is 3.31.